The third-order valence-electron chi connectivity index (χ3n) is 6.04. The molecule has 1 aromatic heterocycles. The zero-order chi connectivity index (χ0) is 24.7. The lowest BCUT2D eigenvalue weighted by atomic mass is 10.0. The van der Waals surface area contributed by atoms with Crippen molar-refractivity contribution in [3.8, 4) is 0 Å². The van der Waals surface area contributed by atoms with Crippen molar-refractivity contribution in [2.24, 2.45) is 0 Å². The molecule has 3 aromatic carbocycles. The van der Waals surface area contributed by atoms with E-state index >= 15 is 0 Å². The van der Waals surface area contributed by atoms with Crippen LogP contribution >= 0.6 is 11.6 Å². The van der Waals surface area contributed by atoms with Crippen molar-refractivity contribution in [1.82, 2.24) is 9.88 Å². The number of nitrogens with one attached hydrogen (secondary N) is 1. The number of aromatic nitrogens is 1. The summed E-state index contributed by atoms with van der Waals surface area (Å²) in [7, 11) is 0. The van der Waals surface area contributed by atoms with Crippen LogP contribution in [-0.4, -0.2) is 22.4 Å². The maximum Gasteiger partial charge on any atom is 0.335 e. The Labute approximate surface area is 205 Å². The number of amides is 4. The molecule has 1 aliphatic rings. The molecule has 2 heterocycles. The van der Waals surface area contributed by atoms with Crippen molar-refractivity contribution in [3.63, 3.8) is 0 Å². The number of hydrogen-bond acceptors (Lipinski definition) is 3. The molecule has 4 aromatic rings. The van der Waals surface area contributed by atoms with Gasteiger partial charge in [0.1, 0.15) is 11.4 Å². The number of rotatable bonds is 4. The number of hydrogen-bond donors (Lipinski definition) is 1. The van der Waals surface area contributed by atoms with Crippen LogP contribution in [0.2, 0.25) is 5.02 Å². The van der Waals surface area contributed by atoms with Gasteiger partial charge in [0.25, 0.3) is 11.8 Å². The normalized spacial score (nSPS) is 15.2. The number of anilines is 1. The first-order valence-corrected chi connectivity index (χ1v) is 11.2. The highest BCUT2D eigenvalue weighted by molar-refractivity contribution is 6.39. The molecule has 0 saturated carbocycles. The van der Waals surface area contributed by atoms with Crippen LogP contribution in [-0.2, 0) is 16.1 Å². The molecule has 35 heavy (non-hydrogen) atoms. The largest absolute Gasteiger partial charge is 0.340 e. The minimum absolute atomic E-state index is 0.158. The maximum absolute atomic E-state index is 13.4. The summed E-state index contributed by atoms with van der Waals surface area (Å²) >= 11 is 6.39. The molecule has 1 saturated heterocycles. The van der Waals surface area contributed by atoms with E-state index in [0.29, 0.717) is 17.1 Å². The Morgan fingerprint density at radius 3 is 2.37 bits per heavy atom. The van der Waals surface area contributed by atoms with E-state index in [9.17, 15) is 18.8 Å². The molecular formula is C27H19ClFN3O3. The average Bonchev–Trinajstić information content (AvgIpc) is 3.10. The molecule has 5 rings (SSSR count). The number of carbonyl (C=O) groups is 3. The van der Waals surface area contributed by atoms with Crippen molar-refractivity contribution in [1.29, 1.82) is 0 Å². The Kier molecular flexibility index (Phi) is 5.70. The van der Waals surface area contributed by atoms with Crippen LogP contribution in [0.25, 0.3) is 17.0 Å². The second-order valence-corrected chi connectivity index (χ2v) is 8.54. The number of halogens is 2. The first-order chi connectivity index (χ1) is 16.8. The molecule has 0 radical (unpaired) electrons. The molecule has 0 bridgehead atoms. The number of para-hydroxylation sites is 1. The SMILES string of the molecule is Cc1c(/C=C2\C(=O)NC(=O)N(c3ccc(F)cc3)C2=O)c2ccccc2n1Cc1ccccc1Cl. The fourth-order valence-corrected chi connectivity index (χ4v) is 4.46. The summed E-state index contributed by atoms with van der Waals surface area (Å²) in [5.41, 5.74) is 3.30. The van der Waals surface area contributed by atoms with E-state index in [4.69, 9.17) is 11.6 Å². The predicted molar refractivity (Wildman–Crippen MR) is 133 cm³/mol. The fraction of sp³-hybridized carbons (Fsp3) is 0.0741. The quantitative estimate of drug-likeness (QED) is 0.307. The third kappa shape index (κ3) is 4.00. The van der Waals surface area contributed by atoms with Gasteiger partial charge in [-0.2, -0.15) is 0 Å². The van der Waals surface area contributed by atoms with Crippen molar-refractivity contribution in [2.45, 2.75) is 13.5 Å². The molecule has 1 aliphatic heterocycles. The highest BCUT2D eigenvalue weighted by Crippen LogP contribution is 2.31. The third-order valence-corrected chi connectivity index (χ3v) is 6.41. The van der Waals surface area contributed by atoms with Gasteiger partial charge in [-0.3, -0.25) is 14.9 Å². The van der Waals surface area contributed by atoms with E-state index in [-0.39, 0.29) is 11.3 Å². The van der Waals surface area contributed by atoms with Crippen LogP contribution in [0.1, 0.15) is 16.8 Å². The van der Waals surface area contributed by atoms with Crippen LogP contribution in [0, 0.1) is 12.7 Å². The summed E-state index contributed by atoms with van der Waals surface area (Å²) in [5, 5.41) is 3.69. The second kappa shape index (κ2) is 8.85. The molecule has 0 aliphatic carbocycles. The smallest absolute Gasteiger partial charge is 0.335 e. The van der Waals surface area contributed by atoms with Gasteiger partial charge in [-0.05, 0) is 55.0 Å². The van der Waals surface area contributed by atoms with E-state index in [1.807, 2.05) is 55.5 Å². The number of urea groups is 1. The van der Waals surface area contributed by atoms with Gasteiger partial charge in [0.2, 0.25) is 0 Å². The number of imide groups is 2. The van der Waals surface area contributed by atoms with Gasteiger partial charge in [0, 0.05) is 33.7 Å². The molecule has 1 fully saturated rings. The number of fused-ring (bicyclic) bond motifs is 1. The summed E-state index contributed by atoms with van der Waals surface area (Å²) in [6, 6.07) is 19.2. The number of benzene rings is 3. The minimum atomic E-state index is -0.887. The lowest BCUT2D eigenvalue weighted by Gasteiger charge is -2.26. The van der Waals surface area contributed by atoms with Gasteiger partial charge >= 0.3 is 6.03 Å². The van der Waals surface area contributed by atoms with E-state index in [1.54, 1.807) is 0 Å². The summed E-state index contributed by atoms with van der Waals surface area (Å²) < 4.78 is 15.4. The van der Waals surface area contributed by atoms with Crippen LogP contribution < -0.4 is 10.2 Å². The van der Waals surface area contributed by atoms with Gasteiger partial charge < -0.3 is 4.57 Å². The van der Waals surface area contributed by atoms with Crippen LogP contribution in [0.15, 0.2) is 78.4 Å². The molecule has 0 atom stereocenters. The molecule has 0 spiro atoms. The lowest BCUT2D eigenvalue weighted by molar-refractivity contribution is -0.122. The topological polar surface area (TPSA) is 71.4 Å². The van der Waals surface area contributed by atoms with Crippen molar-refractivity contribution >= 4 is 52.1 Å². The van der Waals surface area contributed by atoms with Gasteiger partial charge in [-0.1, -0.05) is 48.0 Å². The van der Waals surface area contributed by atoms with Crippen LogP contribution in [0.4, 0.5) is 14.9 Å². The Balaban J connectivity index is 1.62. The fourth-order valence-electron chi connectivity index (χ4n) is 4.27. The van der Waals surface area contributed by atoms with Crippen LogP contribution in [0.3, 0.4) is 0 Å². The first kappa shape index (κ1) is 22.6. The Morgan fingerprint density at radius 2 is 1.63 bits per heavy atom. The predicted octanol–water partition coefficient (Wildman–Crippen LogP) is 5.46. The molecule has 6 nitrogen and oxygen atoms in total. The number of barbiturate groups is 1. The monoisotopic (exact) mass is 487 g/mol. The summed E-state index contributed by atoms with van der Waals surface area (Å²) in [5.74, 6) is -2.08. The van der Waals surface area contributed by atoms with E-state index in [2.05, 4.69) is 9.88 Å². The highest BCUT2D eigenvalue weighted by atomic mass is 35.5. The van der Waals surface area contributed by atoms with Gasteiger partial charge in [-0.15, -0.1) is 0 Å². The molecule has 174 valence electrons. The standard InChI is InChI=1S/C27H19ClFN3O3/c1-16-21(20-7-3-5-9-24(20)31(16)15-17-6-2-4-8-23(17)28)14-22-25(33)30-27(35)32(26(22)34)19-12-10-18(29)11-13-19/h2-14H,15H2,1H3,(H,30,33,35)/b22-14+. The number of nitrogens with zero attached hydrogens (tertiary/aromatic N) is 2. The molecular weight excluding hydrogens is 469 g/mol. The summed E-state index contributed by atoms with van der Waals surface area (Å²) in [4.78, 5) is 39.3. The molecule has 8 heteroatoms. The van der Waals surface area contributed by atoms with Crippen molar-refractivity contribution in [3.05, 3.63) is 106 Å². The van der Waals surface area contributed by atoms with E-state index in [1.165, 1.54) is 18.2 Å². The second-order valence-electron chi connectivity index (χ2n) is 8.13. The Morgan fingerprint density at radius 1 is 0.943 bits per heavy atom. The summed E-state index contributed by atoms with van der Waals surface area (Å²) in [6.45, 7) is 2.40. The van der Waals surface area contributed by atoms with Crippen molar-refractivity contribution in [2.75, 3.05) is 4.90 Å². The van der Waals surface area contributed by atoms with Gasteiger partial charge in [-0.25, -0.2) is 14.1 Å². The highest BCUT2D eigenvalue weighted by Gasteiger charge is 2.37. The van der Waals surface area contributed by atoms with Crippen molar-refractivity contribution < 1.29 is 18.8 Å². The zero-order valence-corrected chi connectivity index (χ0v) is 19.3. The lowest BCUT2D eigenvalue weighted by Crippen LogP contribution is -2.54. The van der Waals surface area contributed by atoms with Crippen LogP contribution in [0.5, 0.6) is 0 Å². The number of carbonyl (C=O) groups excluding carboxylic acids is 3. The Bertz CT molecular complexity index is 1540. The maximum atomic E-state index is 13.4. The Hall–Kier alpha value is -4.23. The molecule has 0 unspecified atom stereocenters. The average molecular weight is 488 g/mol. The molecule has 1 N–H and O–H groups in total. The minimum Gasteiger partial charge on any atom is -0.340 e. The first-order valence-electron chi connectivity index (χ1n) is 10.8. The zero-order valence-electron chi connectivity index (χ0n) is 18.6. The van der Waals surface area contributed by atoms with Gasteiger partial charge in [0.15, 0.2) is 0 Å². The van der Waals surface area contributed by atoms with E-state index in [0.717, 1.165) is 39.2 Å². The summed E-state index contributed by atoms with van der Waals surface area (Å²) in [6.07, 6.45) is 1.50. The van der Waals surface area contributed by atoms with Gasteiger partial charge in [0.05, 0.1) is 5.69 Å². The molecule has 4 amide bonds. The van der Waals surface area contributed by atoms with E-state index < -0.39 is 23.7 Å².